The third-order valence-electron chi connectivity index (χ3n) is 13.5. The summed E-state index contributed by atoms with van der Waals surface area (Å²) in [5.74, 6) is 0. The Balaban J connectivity index is 0.939. The molecule has 0 N–H and O–H groups in total. The second-order valence-corrected chi connectivity index (χ2v) is 18.2. The summed E-state index contributed by atoms with van der Waals surface area (Å²) in [6.45, 7) is 0. The van der Waals surface area contributed by atoms with Crippen LogP contribution in [0.1, 0.15) is 0 Å². The molecule has 0 spiro atoms. The van der Waals surface area contributed by atoms with Gasteiger partial charge in [0.1, 0.15) is 0 Å². The Bertz CT molecular complexity index is 3950. The van der Waals surface area contributed by atoms with Crippen molar-refractivity contribution in [3.8, 4) is 66.8 Å². The van der Waals surface area contributed by atoms with Crippen molar-refractivity contribution in [3.05, 3.63) is 243 Å². The van der Waals surface area contributed by atoms with E-state index in [1.165, 1.54) is 130 Å². The molecule has 13 rings (SSSR count). The number of hydrogen-bond donors (Lipinski definition) is 0. The van der Waals surface area contributed by atoms with Crippen molar-refractivity contribution in [2.75, 3.05) is 0 Å². The van der Waals surface area contributed by atoms with E-state index < -0.39 is 0 Å². The fourth-order valence-electron chi connectivity index (χ4n) is 10.2. The summed E-state index contributed by atoms with van der Waals surface area (Å²) in [7, 11) is 0. The van der Waals surface area contributed by atoms with E-state index in [1.54, 1.807) is 0 Å². The van der Waals surface area contributed by atoms with Gasteiger partial charge in [0.05, 0.1) is 0 Å². The molecule has 0 amide bonds. The molecule has 1 aromatic heterocycles. The van der Waals surface area contributed by atoms with Gasteiger partial charge in [0.2, 0.25) is 0 Å². The van der Waals surface area contributed by atoms with Crippen LogP contribution in [-0.4, -0.2) is 0 Å². The number of thiophene rings is 1. The Morgan fingerprint density at radius 1 is 0.200 bits per heavy atom. The third kappa shape index (κ3) is 6.43. The van der Waals surface area contributed by atoms with Crippen LogP contribution in [0.25, 0.3) is 130 Å². The average Bonchev–Trinajstić information content (AvgIpc) is 3.76. The van der Waals surface area contributed by atoms with E-state index in [2.05, 4.69) is 243 Å². The van der Waals surface area contributed by atoms with Crippen molar-refractivity contribution in [1.82, 2.24) is 0 Å². The Labute approximate surface area is 382 Å². The topological polar surface area (TPSA) is 0 Å². The molecule has 0 fully saturated rings. The van der Waals surface area contributed by atoms with Gasteiger partial charge in [0.25, 0.3) is 0 Å². The molecule has 65 heavy (non-hydrogen) atoms. The first-order valence-electron chi connectivity index (χ1n) is 22.4. The van der Waals surface area contributed by atoms with Gasteiger partial charge < -0.3 is 0 Å². The lowest BCUT2D eigenvalue weighted by molar-refractivity contribution is 1.61. The van der Waals surface area contributed by atoms with E-state index in [4.69, 9.17) is 0 Å². The zero-order valence-corrected chi connectivity index (χ0v) is 36.3. The van der Waals surface area contributed by atoms with E-state index in [0.717, 1.165) is 0 Å². The number of fused-ring (bicyclic) bond motifs is 8. The van der Waals surface area contributed by atoms with Crippen LogP contribution in [0, 0.1) is 0 Å². The lowest BCUT2D eigenvalue weighted by atomic mass is 9.91. The molecule has 302 valence electrons. The highest BCUT2D eigenvalue weighted by molar-refractivity contribution is 7.26. The van der Waals surface area contributed by atoms with Gasteiger partial charge in [0.15, 0.2) is 0 Å². The smallest absolute Gasteiger partial charge is 0.0434 e. The largest absolute Gasteiger partial charge is 0.135 e. The van der Waals surface area contributed by atoms with Gasteiger partial charge >= 0.3 is 0 Å². The van der Waals surface area contributed by atoms with Crippen LogP contribution in [0.15, 0.2) is 243 Å². The second kappa shape index (κ2) is 15.3. The maximum absolute atomic E-state index is 2.42. The summed E-state index contributed by atoms with van der Waals surface area (Å²) in [6, 6.07) is 89.8. The molecule has 0 atom stereocenters. The molecule has 0 aliphatic rings. The van der Waals surface area contributed by atoms with E-state index in [9.17, 15) is 0 Å². The van der Waals surface area contributed by atoms with Crippen molar-refractivity contribution in [2.45, 2.75) is 0 Å². The van der Waals surface area contributed by atoms with Crippen LogP contribution >= 0.6 is 11.3 Å². The van der Waals surface area contributed by atoms with Crippen molar-refractivity contribution in [3.63, 3.8) is 0 Å². The highest BCUT2D eigenvalue weighted by atomic mass is 32.1. The van der Waals surface area contributed by atoms with E-state index >= 15 is 0 Å². The van der Waals surface area contributed by atoms with Crippen LogP contribution < -0.4 is 0 Å². The standard InChI is InChI=1S/C64H40S/c1-4-16-52-43(11-1)14-9-21-54(52)45-27-23-41(24-28-45)49-35-36-63-61(37-49)62-40-51(42-25-29-46(30-26-42)55-22-10-15-44-12-2-5-17-53(44)55)39-60(64(62)65-63)48-33-31-47(32-34-48)59-38-50-13-3-6-18-56(50)57-19-7-8-20-58(57)59/h1-40H. The minimum absolute atomic E-state index is 1.20. The lowest BCUT2D eigenvalue weighted by Crippen LogP contribution is -1.87. The molecule has 0 nitrogen and oxygen atoms in total. The molecule has 0 saturated carbocycles. The Hall–Kier alpha value is -8.10. The van der Waals surface area contributed by atoms with Crippen molar-refractivity contribution in [2.24, 2.45) is 0 Å². The molecule has 0 aliphatic carbocycles. The second-order valence-electron chi connectivity index (χ2n) is 17.2. The first-order chi connectivity index (χ1) is 32.2. The molecule has 1 heteroatoms. The van der Waals surface area contributed by atoms with E-state index in [-0.39, 0.29) is 0 Å². The summed E-state index contributed by atoms with van der Waals surface area (Å²) in [4.78, 5) is 0. The predicted octanol–water partition coefficient (Wildman–Crippen LogP) is 18.7. The minimum Gasteiger partial charge on any atom is -0.135 e. The van der Waals surface area contributed by atoms with Crippen LogP contribution in [0.2, 0.25) is 0 Å². The first-order valence-corrected chi connectivity index (χ1v) is 23.2. The Morgan fingerprint density at radius 3 is 1.25 bits per heavy atom. The van der Waals surface area contributed by atoms with Gasteiger partial charge in [-0.25, -0.2) is 0 Å². The monoisotopic (exact) mass is 840 g/mol. The normalized spacial score (nSPS) is 11.7. The van der Waals surface area contributed by atoms with Gasteiger partial charge in [-0.2, -0.15) is 0 Å². The summed E-state index contributed by atoms with van der Waals surface area (Å²) in [6.07, 6.45) is 0. The van der Waals surface area contributed by atoms with Crippen LogP contribution in [-0.2, 0) is 0 Å². The van der Waals surface area contributed by atoms with Crippen molar-refractivity contribution >= 4 is 74.6 Å². The quantitative estimate of drug-likeness (QED) is 0.146. The zero-order chi connectivity index (χ0) is 42.8. The molecule has 0 unspecified atom stereocenters. The van der Waals surface area contributed by atoms with E-state index in [1.807, 2.05) is 11.3 Å². The minimum atomic E-state index is 1.20. The molecular weight excluding hydrogens is 801 g/mol. The maximum Gasteiger partial charge on any atom is 0.0434 e. The first kappa shape index (κ1) is 37.5. The SMILES string of the molecule is c1ccc2c(-c3ccc(-c4ccc5sc6c(-c7ccc(-c8cc9ccccc9c9ccccc89)cc7)cc(-c7ccc(-c8cccc9ccccc89)cc7)cc6c5c4)cc3)cccc2c1. The molecule has 0 saturated heterocycles. The number of benzene rings is 12. The van der Waals surface area contributed by atoms with Crippen LogP contribution in [0.5, 0.6) is 0 Å². The molecule has 0 aliphatic heterocycles. The summed E-state index contributed by atoms with van der Waals surface area (Å²) < 4.78 is 2.60. The van der Waals surface area contributed by atoms with Gasteiger partial charge in [-0.05, 0) is 135 Å². The number of hydrogen-bond acceptors (Lipinski definition) is 1. The summed E-state index contributed by atoms with van der Waals surface area (Å²) >= 11 is 1.90. The highest BCUT2D eigenvalue weighted by Crippen LogP contribution is 2.45. The van der Waals surface area contributed by atoms with Gasteiger partial charge in [-0.3, -0.25) is 0 Å². The van der Waals surface area contributed by atoms with Gasteiger partial charge in [-0.15, -0.1) is 11.3 Å². The average molecular weight is 841 g/mol. The molecular formula is C64H40S. The molecule has 13 aromatic rings. The molecule has 0 radical (unpaired) electrons. The molecule has 12 aromatic carbocycles. The predicted molar refractivity (Wildman–Crippen MR) is 282 cm³/mol. The van der Waals surface area contributed by atoms with Crippen molar-refractivity contribution in [1.29, 1.82) is 0 Å². The molecule has 1 heterocycles. The van der Waals surface area contributed by atoms with Gasteiger partial charge in [0, 0.05) is 25.7 Å². The van der Waals surface area contributed by atoms with Crippen LogP contribution in [0.4, 0.5) is 0 Å². The number of rotatable bonds is 6. The fraction of sp³-hybridized carbons (Fsp3) is 0. The van der Waals surface area contributed by atoms with E-state index in [0.29, 0.717) is 0 Å². The zero-order valence-electron chi connectivity index (χ0n) is 35.5. The van der Waals surface area contributed by atoms with Crippen molar-refractivity contribution < 1.29 is 0 Å². The van der Waals surface area contributed by atoms with Crippen LogP contribution in [0.3, 0.4) is 0 Å². The van der Waals surface area contributed by atoms with Gasteiger partial charge in [-0.1, -0.05) is 212 Å². The molecule has 0 bridgehead atoms. The third-order valence-corrected chi connectivity index (χ3v) is 14.7. The maximum atomic E-state index is 2.42. The summed E-state index contributed by atoms with van der Waals surface area (Å²) in [5.41, 5.74) is 14.8. The Morgan fingerprint density at radius 2 is 0.631 bits per heavy atom. The fourth-order valence-corrected chi connectivity index (χ4v) is 11.4. The highest BCUT2D eigenvalue weighted by Gasteiger charge is 2.17. The lowest BCUT2D eigenvalue weighted by Gasteiger charge is -2.13. The summed E-state index contributed by atoms with van der Waals surface area (Å²) in [5, 5.41) is 12.8. The Kier molecular flexibility index (Phi) is 8.82.